The Labute approximate surface area is 124 Å². The molecule has 108 valence electrons. The second kappa shape index (κ2) is 8.02. The van der Waals surface area contributed by atoms with E-state index in [1.54, 1.807) is 6.92 Å². The summed E-state index contributed by atoms with van der Waals surface area (Å²) in [5.41, 5.74) is 1.16. The minimum Gasteiger partial charge on any atom is -0.396 e. The van der Waals surface area contributed by atoms with Gasteiger partial charge in [-0.15, -0.1) is 0 Å². The van der Waals surface area contributed by atoms with Gasteiger partial charge in [0.05, 0.1) is 5.75 Å². The zero-order valence-electron chi connectivity index (χ0n) is 11.2. The predicted molar refractivity (Wildman–Crippen MR) is 82.0 cm³/mol. The second-order valence-electron chi connectivity index (χ2n) is 4.76. The molecule has 0 spiro atoms. The predicted octanol–water partition coefficient (Wildman–Crippen LogP) is 2.82. The summed E-state index contributed by atoms with van der Waals surface area (Å²) in [4.78, 5) is 0. The Morgan fingerprint density at radius 2 is 2.11 bits per heavy atom. The largest absolute Gasteiger partial charge is 0.396 e. The van der Waals surface area contributed by atoms with Crippen molar-refractivity contribution in [2.24, 2.45) is 5.92 Å². The number of hydrogen-bond donors (Lipinski definition) is 1. The van der Waals surface area contributed by atoms with Crippen molar-refractivity contribution in [1.82, 2.24) is 0 Å². The molecule has 0 aliphatic carbocycles. The van der Waals surface area contributed by atoms with Crippen LogP contribution in [0.4, 0.5) is 0 Å². The van der Waals surface area contributed by atoms with Gasteiger partial charge in [-0.3, -0.25) is 0 Å². The summed E-state index contributed by atoms with van der Waals surface area (Å²) in [6.45, 7) is 1.76. The quantitative estimate of drug-likeness (QED) is 0.785. The van der Waals surface area contributed by atoms with Crippen LogP contribution >= 0.6 is 15.9 Å². The maximum absolute atomic E-state index is 11.4. The molecule has 1 N–H and O–H groups in total. The lowest BCUT2D eigenvalue weighted by molar-refractivity contribution is 0.217. The maximum Gasteiger partial charge on any atom is 0.150 e. The molecule has 1 atom stereocenters. The number of sulfone groups is 1. The van der Waals surface area contributed by atoms with Crippen LogP contribution in [0.1, 0.15) is 25.3 Å². The molecule has 1 aromatic rings. The third kappa shape index (κ3) is 6.54. The van der Waals surface area contributed by atoms with E-state index in [4.69, 9.17) is 0 Å². The van der Waals surface area contributed by atoms with Crippen LogP contribution in [0, 0.1) is 5.92 Å². The van der Waals surface area contributed by atoms with Gasteiger partial charge in [-0.1, -0.05) is 35.0 Å². The van der Waals surface area contributed by atoms with Crippen molar-refractivity contribution in [3.8, 4) is 0 Å². The molecule has 1 rings (SSSR count). The van der Waals surface area contributed by atoms with Crippen LogP contribution < -0.4 is 0 Å². The third-order valence-corrected chi connectivity index (χ3v) is 5.46. The van der Waals surface area contributed by atoms with Gasteiger partial charge in [0.1, 0.15) is 9.84 Å². The Morgan fingerprint density at radius 3 is 2.68 bits per heavy atom. The molecule has 0 saturated carbocycles. The van der Waals surface area contributed by atoms with Gasteiger partial charge in [-0.05, 0) is 42.9 Å². The average Bonchev–Trinajstić information content (AvgIpc) is 2.37. The molecular weight excluding hydrogens is 328 g/mol. The first-order chi connectivity index (χ1) is 8.96. The highest BCUT2D eigenvalue weighted by atomic mass is 79.9. The molecule has 0 aliphatic rings. The zero-order valence-corrected chi connectivity index (χ0v) is 13.6. The molecule has 1 unspecified atom stereocenters. The molecule has 1 aromatic carbocycles. The Bertz CT molecular complexity index is 485. The van der Waals surface area contributed by atoms with Crippen molar-refractivity contribution >= 4 is 25.8 Å². The van der Waals surface area contributed by atoms with Crippen LogP contribution in [0.5, 0.6) is 0 Å². The van der Waals surface area contributed by atoms with Gasteiger partial charge >= 0.3 is 0 Å². The minimum absolute atomic E-state index is 0.0959. The Balaban J connectivity index is 2.46. The Morgan fingerprint density at radius 1 is 1.37 bits per heavy atom. The van der Waals surface area contributed by atoms with Gasteiger partial charge in [0, 0.05) is 16.8 Å². The van der Waals surface area contributed by atoms with E-state index in [0.29, 0.717) is 6.42 Å². The summed E-state index contributed by atoms with van der Waals surface area (Å²) < 4.78 is 23.8. The van der Waals surface area contributed by atoms with Gasteiger partial charge < -0.3 is 5.11 Å². The summed E-state index contributed by atoms with van der Waals surface area (Å²) >= 11 is 3.42. The van der Waals surface area contributed by atoms with Gasteiger partial charge in [0.25, 0.3) is 0 Å². The van der Waals surface area contributed by atoms with Crippen LogP contribution in [0.25, 0.3) is 0 Å². The lowest BCUT2D eigenvalue weighted by Crippen LogP contribution is -2.14. The number of aliphatic hydroxyl groups is 1. The molecule has 0 aliphatic heterocycles. The maximum atomic E-state index is 11.4. The molecule has 0 saturated heterocycles. The SMILES string of the molecule is CCS(=O)(=O)CCCC(CO)Cc1cccc(Br)c1. The Kier molecular flexibility index (Phi) is 7.04. The van der Waals surface area contributed by atoms with Gasteiger partial charge in [0.15, 0.2) is 0 Å². The van der Waals surface area contributed by atoms with Crippen LogP contribution in [0.2, 0.25) is 0 Å². The number of hydrogen-bond acceptors (Lipinski definition) is 3. The fraction of sp³-hybridized carbons (Fsp3) is 0.571. The molecule has 19 heavy (non-hydrogen) atoms. The van der Waals surface area contributed by atoms with E-state index in [-0.39, 0.29) is 24.0 Å². The lowest BCUT2D eigenvalue weighted by atomic mass is 9.96. The topological polar surface area (TPSA) is 54.4 Å². The first-order valence-corrected chi connectivity index (χ1v) is 9.14. The number of aliphatic hydroxyl groups excluding tert-OH is 1. The smallest absolute Gasteiger partial charge is 0.150 e. The first kappa shape index (κ1) is 16.7. The van der Waals surface area contributed by atoms with Crippen molar-refractivity contribution in [1.29, 1.82) is 0 Å². The fourth-order valence-corrected chi connectivity index (χ4v) is 3.33. The first-order valence-electron chi connectivity index (χ1n) is 6.52. The Hall–Kier alpha value is -0.390. The normalized spacial score (nSPS) is 13.4. The molecule has 0 bridgehead atoms. The highest BCUT2D eigenvalue weighted by molar-refractivity contribution is 9.10. The van der Waals surface area contributed by atoms with Crippen LogP contribution in [-0.4, -0.2) is 31.6 Å². The van der Waals surface area contributed by atoms with E-state index in [1.807, 2.05) is 24.3 Å². The van der Waals surface area contributed by atoms with Crippen LogP contribution in [0.3, 0.4) is 0 Å². The number of benzene rings is 1. The molecule has 0 amide bonds. The van der Waals surface area contributed by atoms with E-state index >= 15 is 0 Å². The van der Waals surface area contributed by atoms with Crippen molar-refractivity contribution < 1.29 is 13.5 Å². The fourth-order valence-electron chi connectivity index (χ4n) is 1.99. The molecular formula is C14H21BrO3S. The third-order valence-electron chi connectivity index (χ3n) is 3.18. The molecule has 5 heteroatoms. The van der Waals surface area contributed by atoms with Crippen molar-refractivity contribution in [2.45, 2.75) is 26.2 Å². The van der Waals surface area contributed by atoms with E-state index in [9.17, 15) is 13.5 Å². The van der Waals surface area contributed by atoms with Crippen LogP contribution in [0.15, 0.2) is 28.7 Å². The highest BCUT2D eigenvalue weighted by Gasteiger charge is 2.12. The zero-order chi connectivity index (χ0) is 14.3. The summed E-state index contributed by atoms with van der Waals surface area (Å²) in [7, 11) is -2.89. The van der Waals surface area contributed by atoms with Gasteiger partial charge in [-0.2, -0.15) is 0 Å². The van der Waals surface area contributed by atoms with Crippen molar-refractivity contribution in [2.75, 3.05) is 18.1 Å². The number of halogens is 1. The summed E-state index contributed by atoms with van der Waals surface area (Å²) in [5.74, 6) is 0.544. The minimum atomic E-state index is -2.89. The second-order valence-corrected chi connectivity index (χ2v) is 8.15. The van der Waals surface area contributed by atoms with E-state index in [2.05, 4.69) is 15.9 Å². The standard InChI is InChI=1S/C14H21BrO3S/c1-2-19(17,18)8-4-6-13(11-16)9-12-5-3-7-14(15)10-12/h3,5,7,10,13,16H,2,4,6,8-9,11H2,1H3. The summed E-state index contributed by atoms with van der Waals surface area (Å²) in [6.07, 6.45) is 2.14. The molecule has 3 nitrogen and oxygen atoms in total. The average molecular weight is 349 g/mol. The molecule has 0 fully saturated rings. The lowest BCUT2D eigenvalue weighted by Gasteiger charge is -2.14. The van der Waals surface area contributed by atoms with Gasteiger partial charge in [0.2, 0.25) is 0 Å². The monoisotopic (exact) mass is 348 g/mol. The van der Waals surface area contributed by atoms with Crippen LogP contribution in [-0.2, 0) is 16.3 Å². The van der Waals surface area contributed by atoms with E-state index in [1.165, 1.54) is 0 Å². The molecule has 0 heterocycles. The van der Waals surface area contributed by atoms with E-state index in [0.717, 1.165) is 22.9 Å². The molecule has 0 radical (unpaired) electrons. The van der Waals surface area contributed by atoms with E-state index < -0.39 is 9.84 Å². The number of rotatable bonds is 8. The van der Waals surface area contributed by atoms with Gasteiger partial charge in [-0.25, -0.2) is 8.42 Å². The molecule has 0 aromatic heterocycles. The van der Waals surface area contributed by atoms with Crippen molar-refractivity contribution in [3.05, 3.63) is 34.3 Å². The summed E-state index contributed by atoms with van der Waals surface area (Å²) in [6, 6.07) is 7.99. The van der Waals surface area contributed by atoms with Crippen molar-refractivity contribution in [3.63, 3.8) is 0 Å². The summed E-state index contributed by atoms with van der Waals surface area (Å²) in [5, 5.41) is 9.38. The highest BCUT2D eigenvalue weighted by Crippen LogP contribution is 2.18.